The van der Waals surface area contributed by atoms with Gasteiger partial charge in [0.25, 0.3) is 5.91 Å². The molecular weight excluding hydrogens is 440 g/mol. The monoisotopic (exact) mass is 474 g/mol. The number of likely N-dealkylation sites (N-methyl/N-ethyl adjacent to an activating group) is 1. The number of methoxy groups -OCH3 is 1. The molecule has 3 aromatic carbocycles. The number of carbonyl (C=O) groups excluding carboxylic acids is 2. The number of nitrogens with zero attached hydrogens (tertiary/aromatic N) is 1. The van der Waals surface area contributed by atoms with Gasteiger partial charge < -0.3 is 19.7 Å². The second-order valence-corrected chi connectivity index (χ2v) is 8.67. The lowest BCUT2D eigenvalue weighted by atomic mass is 10.0. The van der Waals surface area contributed by atoms with Crippen LogP contribution in [0, 0.1) is 0 Å². The number of amides is 2. The van der Waals surface area contributed by atoms with E-state index in [1.807, 2.05) is 78.9 Å². The molecule has 3 aromatic rings. The van der Waals surface area contributed by atoms with E-state index >= 15 is 0 Å². The minimum atomic E-state index is -0.704. The number of rotatable bonds is 11. The van der Waals surface area contributed by atoms with Crippen molar-refractivity contribution in [2.45, 2.75) is 38.8 Å². The summed E-state index contributed by atoms with van der Waals surface area (Å²) in [5, 5.41) is 2.73. The van der Waals surface area contributed by atoms with Crippen LogP contribution >= 0.6 is 0 Å². The van der Waals surface area contributed by atoms with E-state index in [-0.39, 0.29) is 30.9 Å². The molecule has 184 valence electrons. The molecule has 35 heavy (non-hydrogen) atoms. The molecule has 0 aliphatic carbocycles. The first-order chi connectivity index (χ1) is 16.9. The lowest BCUT2D eigenvalue weighted by Gasteiger charge is -2.31. The first-order valence-corrected chi connectivity index (χ1v) is 11.8. The largest absolute Gasteiger partial charge is 0.497 e. The third-order valence-electron chi connectivity index (χ3n) is 5.90. The second kappa shape index (κ2) is 12.6. The smallest absolute Gasteiger partial charge is 0.261 e. The summed E-state index contributed by atoms with van der Waals surface area (Å²) >= 11 is 0. The zero-order chi connectivity index (χ0) is 25.2. The molecule has 1 atom stereocenters. The van der Waals surface area contributed by atoms with E-state index in [0.29, 0.717) is 17.9 Å². The molecule has 6 heteroatoms. The maximum absolute atomic E-state index is 13.6. The fraction of sp³-hybridized carbons (Fsp3) is 0.310. The third kappa shape index (κ3) is 7.09. The van der Waals surface area contributed by atoms with Crippen LogP contribution in [0.3, 0.4) is 0 Å². The van der Waals surface area contributed by atoms with Crippen LogP contribution in [0.1, 0.15) is 36.5 Å². The van der Waals surface area contributed by atoms with E-state index in [9.17, 15) is 9.59 Å². The number of benzene rings is 3. The highest BCUT2D eigenvalue weighted by atomic mass is 16.5. The number of carbonyl (C=O) groups is 2. The molecule has 0 bridgehead atoms. The minimum absolute atomic E-state index is 0.171. The predicted molar refractivity (Wildman–Crippen MR) is 138 cm³/mol. The van der Waals surface area contributed by atoms with Gasteiger partial charge in [-0.05, 0) is 40.8 Å². The standard InChI is InChI=1S/C29H34N2O4/c1-21(2)25-15-8-9-16-27(25)35-20-28(32)31(19-23-13-10-14-24(17-23)34-4)26(29(33)30-3)18-22-11-6-5-7-12-22/h5-17,21,26H,18-20H2,1-4H3,(H,30,33). The van der Waals surface area contributed by atoms with E-state index in [1.165, 1.54) is 0 Å². The summed E-state index contributed by atoms with van der Waals surface area (Å²) in [5.41, 5.74) is 2.87. The fourth-order valence-corrected chi connectivity index (χ4v) is 4.00. The summed E-state index contributed by atoms with van der Waals surface area (Å²) in [6.45, 7) is 4.24. The van der Waals surface area contributed by atoms with Gasteiger partial charge in [-0.1, -0.05) is 74.5 Å². The maximum Gasteiger partial charge on any atom is 0.261 e. The van der Waals surface area contributed by atoms with Crippen molar-refractivity contribution in [1.82, 2.24) is 10.2 Å². The highest BCUT2D eigenvalue weighted by Gasteiger charge is 2.30. The fourth-order valence-electron chi connectivity index (χ4n) is 4.00. The van der Waals surface area contributed by atoms with Crippen LogP contribution in [-0.2, 0) is 22.6 Å². The van der Waals surface area contributed by atoms with Gasteiger partial charge in [-0.15, -0.1) is 0 Å². The molecule has 0 saturated carbocycles. The zero-order valence-corrected chi connectivity index (χ0v) is 20.9. The van der Waals surface area contributed by atoms with Crippen molar-refractivity contribution in [2.24, 2.45) is 0 Å². The highest BCUT2D eigenvalue weighted by Crippen LogP contribution is 2.26. The van der Waals surface area contributed by atoms with Gasteiger partial charge >= 0.3 is 0 Å². The van der Waals surface area contributed by atoms with Crippen LogP contribution in [-0.4, -0.2) is 43.5 Å². The van der Waals surface area contributed by atoms with E-state index in [0.717, 1.165) is 16.7 Å². The minimum Gasteiger partial charge on any atom is -0.497 e. The average molecular weight is 475 g/mol. The number of para-hydroxylation sites is 1. The van der Waals surface area contributed by atoms with Crippen molar-refractivity contribution >= 4 is 11.8 Å². The summed E-state index contributed by atoms with van der Waals surface area (Å²) in [4.78, 5) is 28.2. The first kappa shape index (κ1) is 25.8. The Hall–Kier alpha value is -3.80. The molecule has 0 spiro atoms. The van der Waals surface area contributed by atoms with Crippen LogP contribution in [0.5, 0.6) is 11.5 Å². The number of ether oxygens (including phenoxy) is 2. The van der Waals surface area contributed by atoms with Gasteiger partial charge in [-0.25, -0.2) is 0 Å². The molecule has 0 radical (unpaired) electrons. The van der Waals surface area contributed by atoms with Crippen molar-refractivity contribution in [1.29, 1.82) is 0 Å². The number of hydrogen-bond donors (Lipinski definition) is 1. The van der Waals surface area contributed by atoms with E-state index in [1.54, 1.807) is 19.1 Å². The van der Waals surface area contributed by atoms with E-state index in [2.05, 4.69) is 19.2 Å². The lowest BCUT2D eigenvalue weighted by molar-refractivity contribution is -0.142. The van der Waals surface area contributed by atoms with Crippen LogP contribution in [0.4, 0.5) is 0 Å². The highest BCUT2D eigenvalue weighted by molar-refractivity contribution is 5.88. The van der Waals surface area contributed by atoms with Crippen molar-refractivity contribution in [2.75, 3.05) is 20.8 Å². The molecule has 0 aliphatic heterocycles. The Bertz CT molecular complexity index is 1110. The van der Waals surface area contributed by atoms with Crippen molar-refractivity contribution < 1.29 is 19.1 Å². The van der Waals surface area contributed by atoms with Crippen LogP contribution < -0.4 is 14.8 Å². The Morgan fingerprint density at radius 2 is 1.60 bits per heavy atom. The SMILES string of the molecule is CNC(=O)C(Cc1ccccc1)N(Cc1cccc(OC)c1)C(=O)COc1ccccc1C(C)C. The van der Waals surface area contributed by atoms with Gasteiger partial charge in [0.2, 0.25) is 5.91 Å². The molecule has 3 rings (SSSR count). The summed E-state index contributed by atoms with van der Waals surface area (Å²) in [6, 6.07) is 24.2. The summed E-state index contributed by atoms with van der Waals surface area (Å²) in [6.07, 6.45) is 0.388. The Kier molecular flexibility index (Phi) is 9.30. The third-order valence-corrected chi connectivity index (χ3v) is 5.90. The van der Waals surface area contributed by atoms with Gasteiger partial charge in [-0.3, -0.25) is 9.59 Å². The van der Waals surface area contributed by atoms with Gasteiger partial charge in [-0.2, -0.15) is 0 Å². The van der Waals surface area contributed by atoms with E-state index < -0.39 is 6.04 Å². The first-order valence-electron chi connectivity index (χ1n) is 11.8. The molecule has 0 fully saturated rings. The molecule has 0 saturated heterocycles. The zero-order valence-electron chi connectivity index (χ0n) is 20.9. The number of hydrogen-bond acceptors (Lipinski definition) is 4. The average Bonchev–Trinajstić information content (AvgIpc) is 2.89. The molecule has 1 unspecified atom stereocenters. The Morgan fingerprint density at radius 3 is 2.29 bits per heavy atom. The number of nitrogens with one attached hydrogen (secondary N) is 1. The van der Waals surface area contributed by atoms with Gasteiger partial charge in [0.15, 0.2) is 6.61 Å². The quantitative estimate of drug-likeness (QED) is 0.442. The van der Waals surface area contributed by atoms with Gasteiger partial charge in [0, 0.05) is 20.0 Å². The topological polar surface area (TPSA) is 67.9 Å². The molecular formula is C29H34N2O4. The normalized spacial score (nSPS) is 11.6. The molecule has 2 amide bonds. The van der Waals surface area contributed by atoms with Crippen molar-refractivity contribution in [3.05, 3.63) is 95.6 Å². The molecule has 6 nitrogen and oxygen atoms in total. The van der Waals surface area contributed by atoms with E-state index in [4.69, 9.17) is 9.47 Å². The van der Waals surface area contributed by atoms with Crippen molar-refractivity contribution in [3.8, 4) is 11.5 Å². The van der Waals surface area contributed by atoms with Gasteiger partial charge in [0.05, 0.1) is 7.11 Å². The summed E-state index contributed by atoms with van der Waals surface area (Å²) in [7, 11) is 3.19. The maximum atomic E-state index is 13.6. The van der Waals surface area contributed by atoms with Crippen LogP contribution in [0.25, 0.3) is 0 Å². The summed E-state index contributed by atoms with van der Waals surface area (Å²) < 4.78 is 11.3. The predicted octanol–water partition coefficient (Wildman–Crippen LogP) is 4.58. The lowest BCUT2D eigenvalue weighted by Crippen LogP contribution is -2.51. The molecule has 0 heterocycles. The Balaban J connectivity index is 1.90. The Morgan fingerprint density at radius 1 is 0.914 bits per heavy atom. The molecule has 0 aliphatic rings. The second-order valence-electron chi connectivity index (χ2n) is 8.67. The Labute approximate surface area is 207 Å². The van der Waals surface area contributed by atoms with Crippen LogP contribution in [0.2, 0.25) is 0 Å². The molecule has 0 aromatic heterocycles. The summed E-state index contributed by atoms with van der Waals surface area (Å²) in [5.74, 6) is 1.13. The molecule has 1 N–H and O–H groups in total. The van der Waals surface area contributed by atoms with Crippen molar-refractivity contribution in [3.63, 3.8) is 0 Å². The van der Waals surface area contributed by atoms with Crippen LogP contribution in [0.15, 0.2) is 78.9 Å². The van der Waals surface area contributed by atoms with Gasteiger partial charge in [0.1, 0.15) is 17.5 Å².